The first-order valence-corrected chi connectivity index (χ1v) is 5.56. The van der Waals surface area contributed by atoms with Crippen LogP contribution < -0.4 is 5.32 Å². The minimum atomic E-state index is -0.988. The van der Waals surface area contributed by atoms with Crippen LogP contribution in [0.5, 0.6) is 0 Å². The lowest BCUT2D eigenvalue weighted by Gasteiger charge is -2.23. The lowest BCUT2D eigenvalue weighted by molar-refractivity contribution is -0.137. The number of aromatic nitrogens is 1. The van der Waals surface area contributed by atoms with Gasteiger partial charge in [0.1, 0.15) is 12.2 Å². The van der Waals surface area contributed by atoms with Crippen molar-refractivity contribution in [1.82, 2.24) is 9.88 Å². The molecule has 0 aromatic carbocycles. The summed E-state index contributed by atoms with van der Waals surface area (Å²) in [5.41, 5.74) is -0.135. The normalized spacial score (nSPS) is 11.3. The summed E-state index contributed by atoms with van der Waals surface area (Å²) in [6.07, 6.45) is 1.56. The number of hydrogen-bond donors (Lipinski definition) is 2. The largest absolute Gasteiger partial charge is 0.480 e. The highest BCUT2D eigenvalue weighted by molar-refractivity contribution is 5.93. The van der Waals surface area contributed by atoms with Gasteiger partial charge in [-0.05, 0) is 26.0 Å². The van der Waals surface area contributed by atoms with Crippen LogP contribution in [0.2, 0.25) is 0 Å². The number of amides is 1. The highest BCUT2D eigenvalue weighted by Crippen LogP contribution is 2.07. The van der Waals surface area contributed by atoms with E-state index >= 15 is 0 Å². The number of carbonyl (C=O) groups is 2. The van der Waals surface area contributed by atoms with E-state index in [1.54, 1.807) is 25.4 Å². The Bertz CT molecular complexity index is 437. The molecular weight excluding hydrogens is 236 g/mol. The van der Waals surface area contributed by atoms with Crippen LogP contribution in [0.25, 0.3) is 0 Å². The predicted molar refractivity (Wildman–Crippen MR) is 65.5 cm³/mol. The molecule has 6 heteroatoms. The van der Waals surface area contributed by atoms with Crippen LogP contribution in [-0.4, -0.2) is 40.8 Å². The number of aliphatic carboxylic acids is 1. The Morgan fingerprint density at radius 2 is 2.17 bits per heavy atom. The third-order valence-electron chi connectivity index (χ3n) is 2.60. The molecule has 0 saturated heterocycles. The molecule has 0 fully saturated rings. The first kappa shape index (κ1) is 14.2. The number of hydrogen-bond acceptors (Lipinski definition) is 3. The van der Waals surface area contributed by atoms with Crippen LogP contribution in [0.3, 0.4) is 0 Å². The van der Waals surface area contributed by atoms with Crippen LogP contribution in [0.1, 0.15) is 24.3 Å². The van der Waals surface area contributed by atoms with E-state index in [0.717, 1.165) is 0 Å². The van der Waals surface area contributed by atoms with Crippen LogP contribution in [-0.2, 0) is 16.1 Å². The molecule has 0 aliphatic carbocycles. The zero-order chi connectivity index (χ0) is 13.8. The highest BCUT2D eigenvalue weighted by atomic mass is 16.5. The summed E-state index contributed by atoms with van der Waals surface area (Å²) in [4.78, 5) is 22.5. The number of carboxylic acids is 1. The number of rotatable bonds is 6. The van der Waals surface area contributed by atoms with Crippen molar-refractivity contribution in [1.29, 1.82) is 0 Å². The molecule has 1 aromatic heterocycles. The Hall–Kier alpha value is -1.82. The summed E-state index contributed by atoms with van der Waals surface area (Å²) in [6, 6.07) is 3.22. The molecule has 0 aliphatic rings. The van der Waals surface area contributed by atoms with Gasteiger partial charge in [0, 0.05) is 19.9 Å². The summed E-state index contributed by atoms with van der Waals surface area (Å²) in [5.74, 6) is -1.30. The number of methoxy groups -OCH3 is 1. The van der Waals surface area contributed by atoms with Crippen LogP contribution in [0.4, 0.5) is 0 Å². The molecule has 1 heterocycles. The van der Waals surface area contributed by atoms with Gasteiger partial charge in [-0.3, -0.25) is 9.59 Å². The number of carboxylic acid groups (broad SMARTS) is 1. The van der Waals surface area contributed by atoms with Gasteiger partial charge in [0.15, 0.2) is 0 Å². The van der Waals surface area contributed by atoms with E-state index in [-0.39, 0.29) is 12.5 Å². The fourth-order valence-electron chi connectivity index (χ4n) is 1.36. The lowest BCUT2D eigenvalue weighted by Crippen LogP contribution is -2.40. The average Bonchev–Trinajstić information content (AvgIpc) is 2.73. The molecule has 1 rings (SSSR count). The molecule has 0 bridgehead atoms. The fourth-order valence-corrected chi connectivity index (χ4v) is 1.36. The Labute approximate surface area is 106 Å². The SMILES string of the molecule is COC(C)(C)CNC(=O)c1cccn1CC(=O)O. The second-order valence-electron chi connectivity index (χ2n) is 4.56. The van der Waals surface area contributed by atoms with Crippen LogP contribution in [0.15, 0.2) is 18.3 Å². The van der Waals surface area contributed by atoms with Crippen molar-refractivity contribution < 1.29 is 19.4 Å². The third-order valence-corrected chi connectivity index (χ3v) is 2.60. The third kappa shape index (κ3) is 3.89. The van der Waals surface area contributed by atoms with Crippen molar-refractivity contribution in [3.63, 3.8) is 0 Å². The van der Waals surface area contributed by atoms with Crippen LogP contribution >= 0.6 is 0 Å². The number of ether oxygens (including phenoxy) is 1. The number of carbonyl (C=O) groups excluding carboxylic acids is 1. The van der Waals surface area contributed by atoms with E-state index in [1.807, 2.05) is 13.8 Å². The Balaban J connectivity index is 2.67. The van der Waals surface area contributed by atoms with Gasteiger partial charge in [0.25, 0.3) is 5.91 Å². The van der Waals surface area contributed by atoms with Crippen molar-refractivity contribution in [2.75, 3.05) is 13.7 Å². The van der Waals surface area contributed by atoms with Gasteiger partial charge in [0.05, 0.1) is 5.60 Å². The van der Waals surface area contributed by atoms with Gasteiger partial charge in [-0.2, -0.15) is 0 Å². The van der Waals surface area contributed by atoms with Gasteiger partial charge in [-0.1, -0.05) is 0 Å². The maximum absolute atomic E-state index is 11.9. The molecule has 100 valence electrons. The van der Waals surface area contributed by atoms with E-state index in [2.05, 4.69) is 5.32 Å². The second-order valence-corrected chi connectivity index (χ2v) is 4.56. The quantitative estimate of drug-likeness (QED) is 0.784. The van der Waals surface area contributed by atoms with E-state index in [0.29, 0.717) is 12.2 Å². The molecule has 0 unspecified atom stereocenters. The highest BCUT2D eigenvalue weighted by Gasteiger charge is 2.19. The smallest absolute Gasteiger partial charge is 0.323 e. The molecule has 0 saturated carbocycles. The molecule has 1 aromatic rings. The van der Waals surface area contributed by atoms with Gasteiger partial charge in [0.2, 0.25) is 0 Å². The molecular formula is C12H18N2O4. The Morgan fingerprint density at radius 3 is 2.72 bits per heavy atom. The Morgan fingerprint density at radius 1 is 1.50 bits per heavy atom. The molecule has 18 heavy (non-hydrogen) atoms. The summed E-state index contributed by atoms with van der Waals surface area (Å²) < 4.78 is 6.57. The molecule has 0 radical (unpaired) electrons. The second kappa shape index (κ2) is 5.68. The summed E-state index contributed by atoms with van der Waals surface area (Å²) in [6.45, 7) is 3.82. The average molecular weight is 254 g/mol. The summed E-state index contributed by atoms with van der Waals surface area (Å²) >= 11 is 0. The monoisotopic (exact) mass is 254 g/mol. The summed E-state index contributed by atoms with van der Waals surface area (Å²) in [5, 5.41) is 11.4. The molecule has 0 aliphatic heterocycles. The first-order valence-electron chi connectivity index (χ1n) is 5.56. The predicted octanol–water partition coefficient (Wildman–Crippen LogP) is 0.728. The maximum Gasteiger partial charge on any atom is 0.323 e. The maximum atomic E-state index is 11.9. The number of nitrogens with zero attached hydrogens (tertiary/aromatic N) is 1. The van der Waals surface area contributed by atoms with Crippen molar-refractivity contribution in [2.45, 2.75) is 26.0 Å². The first-order chi connectivity index (χ1) is 8.35. The minimum absolute atomic E-state index is 0.233. The molecule has 0 spiro atoms. The molecule has 2 N–H and O–H groups in total. The molecule has 6 nitrogen and oxygen atoms in total. The van der Waals surface area contributed by atoms with E-state index in [4.69, 9.17) is 9.84 Å². The van der Waals surface area contributed by atoms with Crippen molar-refractivity contribution >= 4 is 11.9 Å². The van der Waals surface area contributed by atoms with E-state index in [9.17, 15) is 9.59 Å². The zero-order valence-corrected chi connectivity index (χ0v) is 10.8. The van der Waals surface area contributed by atoms with Crippen molar-refractivity contribution in [2.24, 2.45) is 0 Å². The minimum Gasteiger partial charge on any atom is -0.480 e. The molecule has 1 amide bonds. The molecule has 0 atom stereocenters. The fraction of sp³-hybridized carbons (Fsp3) is 0.500. The van der Waals surface area contributed by atoms with Gasteiger partial charge in [-0.25, -0.2) is 0 Å². The van der Waals surface area contributed by atoms with E-state index in [1.165, 1.54) is 4.57 Å². The van der Waals surface area contributed by atoms with Crippen molar-refractivity contribution in [3.05, 3.63) is 24.0 Å². The summed E-state index contributed by atoms with van der Waals surface area (Å²) in [7, 11) is 1.57. The number of nitrogens with one attached hydrogen (secondary N) is 1. The topological polar surface area (TPSA) is 80.6 Å². The standard InChI is InChI=1S/C12H18N2O4/c1-12(2,18-3)8-13-11(17)9-5-4-6-14(9)7-10(15)16/h4-6H,7-8H2,1-3H3,(H,13,17)(H,15,16). The van der Waals surface area contributed by atoms with E-state index < -0.39 is 11.6 Å². The van der Waals surface area contributed by atoms with Crippen molar-refractivity contribution in [3.8, 4) is 0 Å². The lowest BCUT2D eigenvalue weighted by atomic mass is 10.1. The van der Waals surface area contributed by atoms with Gasteiger partial charge in [-0.15, -0.1) is 0 Å². The van der Waals surface area contributed by atoms with Crippen LogP contribution in [0, 0.1) is 0 Å². The Kier molecular flexibility index (Phi) is 4.49. The zero-order valence-electron chi connectivity index (χ0n) is 10.8. The van der Waals surface area contributed by atoms with Gasteiger partial charge < -0.3 is 19.7 Å². The van der Waals surface area contributed by atoms with Gasteiger partial charge >= 0.3 is 5.97 Å².